The van der Waals surface area contributed by atoms with Crippen molar-refractivity contribution in [1.29, 1.82) is 0 Å². The molecule has 0 aliphatic carbocycles. The molecule has 0 radical (unpaired) electrons. The maximum absolute atomic E-state index is 5.56. The van der Waals surface area contributed by atoms with E-state index in [2.05, 4.69) is 15.3 Å². The zero-order valence-electron chi connectivity index (χ0n) is 10.1. The normalized spacial score (nSPS) is 19.0. The fourth-order valence-electron chi connectivity index (χ4n) is 2.08. The van der Waals surface area contributed by atoms with Gasteiger partial charge in [-0.05, 0) is 25.0 Å². The summed E-state index contributed by atoms with van der Waals surface area (Å²) in [4.78, 5) is 8.39. The summed E-state index contributed by atoms with van der Waals surface area (Å²) in [6.45, 7) is 1.75. The van der Waals surface area contributed by atoms with Crippen LogP contribution in [0.4, 0.5) is 5.69 Å². The summed E-state index contributed by atoms with van der Waals surface area (Å²) in [7, 11) is 0. The molecule has 1 unspecified atom stereocenters. The third-order valence-electron chi connectivity index (χ3n) is 3.07. The van der Waals surface area contributed by atoms with Crippen molar-refractivity contribution in [2.24, 2.45) is 0 Å². The van der Waals surface area contributed by atoms with E-state index in [-0.39, 0.29) is 0 Å². The van der Waals surface area contributed by atoms with E-state index in [9.17, 15) is 0 Å². The highest BCUT2D eigenvalue weighted by Gasteiger charge is 2.14. The molecule has 0 aromatic carbocycles. The van der Waals surface area contributed by atoms with Gasteiger partial charge in [0.25, 0.3) is 0 Å². The minimum absolute atomic E-state index is 0.346. The Hall–Kier alpha value is -1.88. The molecule has 1 aliphatic heterocycles. The molecular weight excluding hydrogens is 228 g/mol. The van der Waals surface area contributed by atoms with Crippen LogP contribution in [0.3, 0.4) is 0 Å². The number of hydrogen-bond donors (Lipinski definition) is 1. The van der Waals surface area contributed by atoms with Crippen molar-refractivity contribution in [2.75, 3.05) is 18.5 Å². The third-order valence-corrected chi connectivity index (χ3v) is 3.07. The van der Waals surface area contributed by atoms with Gasteiger partial charge >= 0.3 is 0 Å². The van der Waals surface area contributed by atoms with Gasteiger partial charge in [0.05, 0.1) is 18.0 Å². The predicted octanol–water partition coefficient (Wildman–Crippen LogP) is 1.86. The zero-order valence-corrected chi connectivity index (χ0v) is 10.1. The average molecular weight is 244 g/mol. The van der Waals surface area contributed by atoms with E-state index in [1.165, 1.54) is 6.42 Å². The monoisotopic (exact) mass is 244 g/mol. The molecule has 0 spiro atoms. The lowest BCUT2D eigenvalue weighted by molar-refractivity contribution is 0.120. The number of ether oxygens (including phenoxy) is 1. The molecule has 0 saturated carbocycles. The van der Waals surface area contributed by atoms with Crippen molar-refractivity contribution in [3.8, 4) is 5.82 Å². The Morgan fingerprint density at radius 1 is 1.44 bits per heavy atom. The molecule has 1 saturated heterocycles. The molecule has 18 heavy (non-hydrogen) atoms. The number of pyridine rings is 1. The van der Waals surface area contributed by atoms with Crippen LogP contribution in [0, 0.1) is 0 Å². The van der Waals surface area contributed by atoms with Gasteiger partial charge in [-0.3, -0.25) is 4.57 Å². The Morgan fingerprint density at radius 2 is 2.44 bits per heavy atom. The Labute approximate surface area is 106 Å². The van der Waals surface area contributed by atoms with Crippen LogP contribution < -0.4 is 5.32 Å². The summed E-state index contributed by atoms with van der Waals surface area (Å²) in [5, 5.41) is 3.35. The number of nitrogens with zero attached hydrogens (tertiary/aromatic N) is 3. The maximum atomic E-state index is 5.56. The summed E-state index contributed by atoms with van der Waals surface area (Å²) in [6.07, 6.45) is 9.86. The number of nitrogens with one attached hydrogen (secondary N) is 1. The molecular formula is C13H16N4O. The zero-order chi connectivity index (χ0) is 12.2. The molecule has 3 rings (SSSR count). The van der Waals surface area contributed by atoms with Crippen molar-refractivity contribution in [1.82, 2.24) is 14.5 Å². The van der Waals surface area contributed by atoms with E-state index < -0.39 is 0 Å². The fourth-order valence-corrected chi connectivity index (χ4v) is 2.08. The smallest absolute Gasteiger partial charge is 0.137 e. The molecule has 5 nitrogen and oxygen atoms in total. The van der Waals surface area contributed by atoms with E-state index in [0.717, 1.165) is 31.1 Å². The first-order valence-corrected chi connectivity index (χ1v) is 6.22. The van der Waals surface area contributed by atoms with Crippen LogP contribution in [0.1, 0.15) is 12.8 Å². The van der Waals surface area contributed by atoms with Crippen LogP contribution >= 0.6 is 0 Å². The second-order valence-corrected chi connectivity index (χ2v) is 4.39. The second-order valence-electron chi connectivity index (χ2n) is 4.39. The van der Waals surface area contributed by atoms with Crippen LogP contribution in [0.25, 0.3) is 5.82 Å². The van der Waals surface area contributed by atoms with Crippen molar-refractivity contribution >= 4 is 5.69 Å². The Bertz CT molecular complexity index is 474. The minimum atomic E-state index is 0.346. The van der Waals surface area contributed by atoms with E-state index in [0.29, 0.717) is 6.10 Å². The SMILES string of the molecule is c1cn(-c2ccc(NCC3CCCO3)cn2)cn1. The number of anilines is 1. The molecule has 2 aromatic rings. The molecule has 0 amide bonds. The first kappa shape index (κ1) is 11.2. The van der Waals surface area contributed by atoms with Crippen LogP contribution in [-0.2, 0) is 4.74 Å². The van der Waals surface area contributed by atoms with Gasteiger partial charge in [-0.1, -0.05) is 0 Å². The molecule has 1 atom stereocenters. The summed E-state index contributed by atoms with van der Waals surface area (Å²) >= 11 is 0. The van der Waals surface area contributed by atoms with Gasteiger partial charge in [-0.25, -0.2) is 9.97 Å². The molecule has 1 N–H and O–H groups in total. The minimum Gasteiger partial charge on any atom is -0.381 e. The van der Waals surface area contributed by atoms with E-state index in [4.69, 9.17) is 4.74 Å². The van der Waals surface area contributed by atoms with E-state index in [1.54, 1.807) is 12.5 Å². The molecule has 2 aromatic heterocycles. The summed E-state index contributed by atoms with van der Waals surface area (Å²) in [5.41, 5.74) is 1.02. The molecule has 3 heterocycles. The Balaban J connectivity index is 1.60. The van der Waals surface area contributed by atoms with Gasteiger partial charge in [0.15, 0.2) is 0 Å². The quantitative estimate of drug-likeness (QED) is 0.892. The van der Waals surface area contributed by atoms with Gasteiger partial charge in [0.1, 0.15) is 12.1 Å². The highest BCUT2D eigenvalue weighted by atomic mass is 16.5. The van der Waals surface area contributed by atoms with Crippen LogP contribution in [0.15, 0.2) is 37.1 Å². The molecule has 94 valence electrons. The van der Waals surface area contributed by atoms with E-state index >= 15 is 0 Å². The highest BCUT2D eigenvalue weighted by molar-refractivity contribution is 5.43. The molecule has 0 bridgehead atoms. The van der Waals surface area contributed by atoms with E-state index in [1.807, 2.05) is 29.1 Å². The van der Waals surface area contributed by atoms with Gasteiger partial charge in [0.2, 0.25) is 0 Å². The van der Waals surface area contributed by atoms with Gasteiger partial charge < -0.3 is 10.1 Å². The first-order chi connectivity index (χ1) is 8.92. The van der Waals surface area contributed by atoms with Crippen LogP contribution in [-0.4, -0.2) is 33.8 Å². The van der Waals surface area contributed by atoms with Crippen LogP contribution in [0.5, 0.6) is 0 Å². The lowest BCUT2D eigenvalue weighted by Gasteiger charge is -2.11. The molecule has 5 heteroatoms. The van der Waals surface area contributed by atoms with Crippen molar-refractivity contribution in [3.05, 3.63) is 37.1 Å². The Kier molecular flexibility index (Phi) is 3.23. The van der Waals surface area contributed by atoms with Crippen molar-refractivity contribution in [2.45, 2.75) is 18.9 Å². The maximum Gasteiger partial charge on any atom is 0.137 e. The largest absolute Gasteiger partial charge is 0.381 e. The summed E-state index contributed by atoms with van der Waals surface area (Å²) < 4.78 is 7.44. The molecule has 1 fully saturated rings. The van der Waals surface area contributed by atoms with Crippen molar-refractivity contribution < 1.29 is 4.74 Å². The lowest BCUT2D eigenvalue weighted by Crippen LogP contribution is -2.18. The highest BCUT2D eigenvalue weighted by Crippen LogP contribution is 2.14. The van der Waals surface area contributed by atoms with Gasteiger partial charge in [-0.2, -0.15) is 0 Å². The fraction of sp³-hybridized carbons (Fsp3) is 0.385. The van der Waals surface area contributed by atoms with Crippen molar-refractivity contribution in [3.63, 3.8) is 0 Å². The molecule has 1 aliphatic rings. The third kappa shape index (κ3) is 2.51. The number of aromatic nitrogens is 3. The number of imidazole rings is 1. The second kappa shape index (κ2) is 5.18. The average Bonchev–Trinajstić information content (AvgIpc) is 3.10. The van der Waals surface area contributed by atoms with Gasteiger partial charge in [0, 0.05) is 25.5 Å². The Morgan fingerprint density at radius 3 is 3.11 bits per heavy atom. The lowest BCUT2D eigenvalue weighted by atomic mass is 10.2. The number of rotatable bonds is 4. The standard InChI is InChI=1S/C13H16N4O/c1-2-12(18-7-1)9-15-11-3-4-13(16-8-11)17-6-5-14-10-17/h3-6,8,10,12,15H,1-2,7,9H2. The first-order valence-electron chi connectivity index (χ1n) is 6.22. The number of hydrogen-bond acceptors (Lipinski definition) is 4. The summed E-state index contributed by atoms with van der Waals surface area (Å²) in [5.74, 6) is 0.871. The van der Waals surface area contributed by atoms with Gasteiger partial charge in [-0.15, -0.1) is 0 Å². The topological polar surface area (TPSA) is 52.0 Å². The predicted molar refractivity (Wildman–Crippen MR) is 68.8 cm³/mol. The van der Waals surface area contributed by atoms with Crippen LogP contribution in [0.2, 0.25) is 0 Å². The summed E-state index contributed by atoms with van der Waals surface area (Å²) in [6, 6.07) is 4.00.